The number of hydrogen-bond acceptors (Lipinski definition) is 3. The Kier molecular flexibility index (Phi) is 7.82. The van der Waals surface area contributed by atoms with Crippen LogP contribution in [-0.4, -0.2) is 37.4 Å². The second kappa shape index (κ2) is 9.35. The molecule has 0 saturated carbocycles. The monoisotopic (exact) mass is 318 g/mol. The molecule has 5 nitrogen and oxygen atoms in total. The van der Waals surface area contributed by atoms with Gasteiger partial charge in [-0.05, 0) is 30.4 Å². The van der Waals surface area contributed by atoms with E-state index in [1.807, 2.05) is 0 Å². The number of hydrogen-bond donors (Lipinski definition) is 3. The van der Waals surface area contributed by atoms with Crippen molar-refractivity contribution >= 4 is 24.8 Å². The van der Waals surface area contributed by atoms with Crippen molar-refractivity contribution in [1.29, 1.82) is 0 Å². The molecule has 0 aromatic heterocycles. The largest absolute Gasteiger partial charge is 0.449 e. The Bertz CT molecular complexity index is 510. The Morgan fingerprint density at radius 1 is 1.09 bits per heavy atom. The van der Waals surface area contributed by atoms with Crippen LogP contribution in [-0.2, 0) is 4.79 Å². The highest BCUT2D eigenvalue weighted by molar-refractivity contribution is 6.45. The maximum Gasteiger partial charge on any atom is 0.304 e. The third-order valence-corrected chi connectivity index (χ3v) is 3.33. The molecule has 0 heterocycles. The Morgan fingerprint density at radius 3 is 2.30 bits per heavy atom. The summed E-state index contributed by atoms with van der Waals surface area (Å²) in [5.41, 5.74) is 1.45. The lowest BCUT2D eigenvalue weighted by atomic mass is 9.88. The van der Waals surface area contributed by atoms with Gasteiger partial charge in [-0.1, -0.05) is 38.4 Å². The first-order valence-electron chi connectivity index (χ1n) is 8.06. The minimum atomic E-state index is -0.133. The third-order valence-electron chi connectivity index (χ3n) is 3.33. The number of carbonyl (C=O) groups is 2. The van der Waals surface area contributed by atoms with Crippen LogP contribution in [0.25, 0.3) is 0 Å². The molecule has 1 aromatic carbocycles. The highest BCUT2D eigenvalue weighted by atomic mass is 16.2. The van der Waals surface area contributed by atoms with E-state index < -0.39 is 0 Å². The molecule has 126 valence electrons. The molecule has 0 spiro atoms. The standard InChI is InChI=1S/C17H27BN2O3/c1-17(2,3)12-20-15(21)6-4-5-11-19-16(22)13-7-9-14(18-23)10-8-13/h7-10,18,23H,4-6,11-12H2,1-3H3,(H,19,22)(H,20,21). The van der Waals surface area contributed by atoms with Gasteiger partial charge in [0.2, 0.25) is 5.91 Å². The lowest BCUT2D eigenvalue weighted by molar-refractivity contribution is -0.121. The zero-order valence-electron chi connectivity index (χ0n) is 14.3. The number of nitrogens with one attached hydrogen (secondary N) is 2. The van der Waals surface area contributed by atoms with Crippen LogP contribution in [0.4, 0.5) is 0 Å². The Morgan fingerprint density at radius 2 is 1.74 bits per heavy atom. The fraction of sp³-hybridized carbons (Fsp3) is 0.529. The minimum absolute atomic E-state index is 0.0286. The van der Waals surface area contributed by atoms with Gasteiger partial charge in [-0.2, -0.15) is 0 Å². The van der Waals surface area contributed by atoms with E-state index in [4.69, 9.17) is 5.02 Å². The quantitative estimate of drug-likeness (QED) is 0.488. The summed E-state index contributed by atoms with van der Waals surface area (Å²) in [5.74, 6) is -0.0717. The first kappa shape index (κ1) is 19.2. The van der Waals surface area contributed by atoms with Gasteiger partial charge in [-0.3, -0.25) is 9.59 Å². The molecular formula is C17H27BN2O3. The normalized spacial score (nSPS) is 11.0. The molecule has 2 amide bonds. The van der Waals surface area contributed by atoms with Crippen LogP contribution in [0.3, 0.4) is 0 Å². The van der Waals surface area contributed by atoms with E-state index in [-0.39, 0.29) is 24.7 Å². The van der Waals surface area contributed by atoms with Gasteiger partial charge in [-0.25, -0.2) is 0 Å². The molecule has 3 N–H and O–H groups in total. The summed E-state index contributed by atoms with van der Waals surface area (Å²) in [4.78, 5) is 23.6. The summed E-state index contributed by atoms with van der Waals surface area (Å²) in [6.45, 7) is 7.46. The van der Waals surface area contributed by atoms with Gasteiger partial charge in [0.15, 0.2) is 0 Å². The maximum atomic E-state index is 11.9. The molecule has 0 aliphatic rings. The van der Waals surface area contributed by atoms with Gasteiger partial charge < -0.3 is 15.7 Å². The summed E-state index contributed by atoms with van der Waals surface area (Å²) in [5, 5.41) is 14.7. The van der Waals surface area contributed by atoms with Gasteiger partial charge in [0.1, 0.15) is 0 Å². The van der Waals surface area contributed by atoms with Crippen LogP contribution in [0.2, 0.25) is 0 Å². The molecule has 0 aliphatic heterocycles. The van der Waals surface area contributed by atoms with E-state index in [9.17, 15) is 9.59 Å². The number of carbonyl (C=O) groups excluding carboxylic acids is 2. The van der Waals surface area contributed by atoms with E-state index in [2.05, 4.69) is 31.4 Å². The fourth-order valence-electron chi connectivity index (χ4n) is 1.93. The second-order valence-corrected chi connectivity index (χ2v) is 6.91. The van der Waals surface area contributed by atoms with Crippen LogP contribution in [0.5, 0.6) is 0 Å². The first-order valence-corrected chi connectivity index (χ1v) is 8.06. The number of unbranched alkanes of at least 4 members (excludes halogenated alkanes) is 1. The highest BCUT2D eigenvalue weighted by Gasteiger charge is 2.11. The second-order valence-electron chi connectivity index (χ2n) is 6.91. The van der Waals surface area contributed by atoms with E-state index in [1.165, 1.54) is 0 Å². The van der Waals surface area contributed by atoms with Crippen LogP contribution in [0, 0.1) is 5.41 Å². The molecule has 0 radical (unpaired) electrons. The molecule has 23 heavy (non-hydrogen) atoms. The molecule has 0 saturated heterocycles. The summed E-state index contributed by atoms with van der Waals surface area (Å²) in [6.07, 6.45) is 2.00. The van der Waals surface area contributed by atoms with Crippen molar-refractivity contribution in [2.45, 2.75) is 40.0 Å². The molecule has 1 rings (SSSR count). The average molecular weight is 318 g/mol. The molecule has 0 aliphatic carbocycles. The lowest BCUT2D eigenvalue weighted by Gasteiger charge is -2.18. The molecule has 6 heteroatoms. The highest BCUT2D eigenvalue weighted by Crippen LogP contribution is 2.10. The summed E-state index contributed by atoms with van der Waals surface area (Å²) >= 11 is 0. The SMILES string of the molecule is CC(C)(C)CNC(=O)CCCCNC(=O)c1ccc(BO)cc1. The molecule has 0 atom stereocenters. The van der Waals surface area contributed by atoms with Crippen LogP contribution in [0.1, 0.15) is 50.4 Å². The Balaban J connectivity index is 2.16. The van der Waals surface area contributed by atoms with Gasteiger partial charge in [0.05, 0.1) is 0 Å². The van der Waals surface area contributed by atoms with Crippen molar-refractivity contribution in [3.05, 3.63) is 29.8 Å². The van der Waals surface area contributed by atoms with Crippen LogP contribution in [0.15, 0.2) is 24.3 Å². The first-order chi connectivity index (χ1) is 10.8. The molecule has 1 aromatic rings. The van der Waals surface area contributed by atoms with Crippen LogP contribution >= 0.6 is 0 Å². The lowest BCUT2D eigenvalue weighted by Crippen LogP contribution is -2.32. The van der Waals surface area contributed by atoms with E-state index in [0.717, 1.165) is 18.3 Å². The van der Waals surface area contributed by atoms with Crippen LogP contribution < -0.4 is 16.1 Å². The van der Waals surface area contributed by atoms with Crippen molar-refractivity contribution in [3.63, 3.8) is 0 Å². The van der Waals surface area contributed by atoms with E-state index in [0.29, 0.717) is 25.1 Å². The zero-order valence-corrected chi connectivity index (χ0v) is 14.3. The van der Waals surface area contributed by atoms with Crippen molar-refractivity contribution < 1.29 is 14.6 Å². The van der Waals surface area contributed by atoms with Gasteiger partial charge in [-0.15, -0.1) is 0 Å². The smallest absolute Gasteiger partial charge is 0.304 e. The Labute approximate surface area is 139 Å². The van der Waals surface area contributed by atoms with Gasteiger partial charge in [0.25, 0.3) is 5.91 Å². The minimum Gasteiger partial charge on any atom is -0.449 e. The summed E-state index contributed by atoms with van der Waals surface area (Å²) in [7, 11) is -0.0286. The predicted octanol–water partition coefficient (Wildman–Crippen LogP) is 0.718. The average Bonchev–Trinajstić information content (AvgIpc) is 2.51. The van der Waals surface area contributed by atoms with E-state index in [1.54, 1.807) is 24.3 Å². The van der Waals surface area contributed by atoms with Crippen molar-refractivity contribution in [2.24, 2.45) is 5.41 Å². The number of amides is 2. The topological polar surface area (TPSA) is 78.4 Å². The zero-order chi connectivity index (χ0) is 17.3. The number of rotatable bonds is 8. The van der Waals surface area contributed by atoms with Gasteiger partial charge in [0, 0.05) is 25.1 Å². The Hall–Kier alpha value is -1.82. The molecule has 0 fully saturated rings. The van der Waals surface area contributed by atoms with E-state index >= 15 is 0 Å². The summed E-state index contributed by atoms with van der Waals surface area (Å²) < 4.78 is 0. The predicted molar refractivity (Wildman–Crippen MR) is 94.1 cm³/mol. The van der Waals surface area contributed by atoms with Gasteiger partial charge >= 0.3 is 7.48 Å². The third kappa shape index (κ3) is 8.40. The molecular weight excluding hydrogens is 291 g/mol. The molecule has 0 unspecified atom stereocenters. The molecule has 0 bridgehead atoms. The fourth-order valence-corrected chi connectivity index (χ4v) is 1.93. The summed E-state index contributed by atoms with van der Waals surface area (Å²) in [6, 6.07) is 6.85. The maximum absolute atomic E-state index is 11.9. The van der Waals surface area contributed by atoms with Crippen molar-refractivity contribution in [2.75, 3.05) is 13.1 Å². The van der Waals surface area contributed by atoms with Crippen molar-refractivity contribution in [3.8, 4) is 0 Å². The van der Waals surface area contributed by atoms with Crippen molar-refractivity contribution in [1.82, 2.24) is 10.6 Å². The number of benzene rings is 1.